The largest absolute Gasteiger partial charge is 0.382 e. The van der Waals surface area contributed by atoms with Crippen molar-refractivity contribution in [2.24, 2.45) is 0 Å². The zero-order chi connectivity index (χ0) is 15.7. The highest BCUT2D eigenvalue weighted by Crippen LogP contribution is 2.24. The second-order valence-corrected chi connectivity index (χ2v) is 5.46. The lowest BCUT2D eigenvalue weighted by molar-refractivity contribution is 0.140. The van der Waals surface area contributed by atoms with E-state index in [0.717, 1.165) is 52.0 Å². The number of aryl methyl sites for hydroxylation is 2. The average Bonchev–Trinajstić information content (AvgIpc) is 2.86. The Balaban J connectivity index is 2.87. The van der Waals surface area contributed by atoms with Crippen LogP contribution in [0.1, 0.15) is 70.5 Å². The zero-order valence-electron chi connectivity index (χ0n) is 14.5. The van der Waals surface area contributed by atoms with Crippen LogP contribution in [0.4, 0.5) is 0 Å². The van der Waals surface area contributed by atoms with E-state index in [9.17, 15) is 0 Å². The predicted molar refractivity (Wildman–Crippen MR) is 88.8 cm³/mol. The normalized spacial score (nSPS) is 12.8. The van der Waals surface area contributed by atoms with E-state index in [2.05, 4.69) is 37.7 Å². The van der Waals surface area contributed by atoms with Gasteiger partial charge in [0, 0.05) is 37.1 Å². The molecule has 1 unspecified atom stereocenters. The second kappa shape index (κ2) is 9.96. The van der Waals surface area contributed by atoms with E-state index in [0.29, 0.717) is 6.04 Å². The zero-order valence-corrected chi connectivity index (χ0v) is 14.5. The van der Waals surface area contributed by atoms with Crippen molar-refractivity contribution in [2.75, 3.05) is 19.8 Å². The molecule has 0 saturated carbocycles. The molecule has 0 aromatic carbocycles. The molecule has 1 N–H and O–H groups in total. The summed E-state index contributed by atoms with van der Waals surface area (Å²) in [4.78, 5) is 0. The maximum atomic E-state index is 5.44. The molecule has 1 rings (SSSR count). The summed E-state index contributed by atoms with van der Waals surface area (Å²) in [6, 6.07) is 0.385. The monoisotopic (exact) mass is 295 g/mol. The molecular weight excluding hydrogens is 262 g/mol. The summed E-state index contributed by atoms with van der Waals surface area (Å²) in [7, 11) is 0. The van der Waals surface area contributed by atoms with E-state index in [1.54, 1.807) is 0 Å². The highest BCUT2D eigenvalue weighted by atomic mass is 16.5. The fourth-order valence-corrected chi connectivity index (χ4v) is 2.81. The van der Waals surface area contributed by atoms with Crippen LogP contribution in [-0.4, -0.2) is 29.5 Å². The van der Waals surface area contributed by atoms with Gasteiger partial charge in [-0.1, -0.05) is 20.8 Å². The number of aromatic nitrogens is 2. The molecule has 1 heterocycles. The van der Waals surface area contributed by atoms with Crippen LogP contribution in [0.5, 0.6) is 0 Å². The van der Waals surface area contributed by atoms with Gasteiger partial charge in [0.2, 0.25) is 0 Å². The topological polar surface area (TPSA) is 39.1 Å². The van der Waals surface area contributed by atoms with Crippen molar-refractivity contribution in [3.63, 3.8) is 0 Å². The van der Waals surface area contributed by atoms with Gasteiger partial charge < -0.3 is 10.1 Å². The van der Waals surface area contributed by atoms with Crippen LogP contribution in [0.3, 0.4) is 0 Å². The van der Waals surface area contributed by atoms with Gasteiger partial charge in [-0.2, -0.15) is 5.10 Å². The second-order valence-electron chi connectivity index (χ2n) is 5.46. The van der Waals surface area contributed by atoms with Crippen molar-refractivity contribution < 1.29 is 4.74 Å². The molecule has 0 bridgehead atoms. The molecular formula is C17H33N3O. The lowest BCUT2D eigenvalue weighted by Gasteiger charge is -2.16. The van der Waals surface area contributed by atoms with E-state index in [4.69, 9.17) is 9.84 Å². The number of ether oxygens (including phenoxy) is 1. The van der Waals surface area contributed by atoms with Gasteiger partial charge in [0.1, 0.15) is 0 Å². The van der Waals surface area contributed by atoms with Crippen molar-refractivity contribution in [1.29, 1.82) is 0 Å². The summed E-state index contributed by atoms with van der Waals surface area (Å²) in [6.45, 7) is 14.6. The average molecular weight is 295 g/mol. The van der Waals surface area contributed by atoms with E-state index >= 15 is 0 Å². The van der Waals surface area contributed by atoms with E-state index in [1.165, 1.54) is 17.0 Å². The first-order valence-electron chi connectivity index (χ1n) is 8.58. The summed E-state index contributed by atoms with van der Waals surface area (Å²) < 4.78 is 7.64. The summed E-state index contributed by atoms with van der Waals surface area (Å²) in [5.41, 5.74) is 4.06. The molecule has 0 fully saturated rings. The Morgan fingerprint density at radius 3 is 2.52 bits per heavy atom. The maximum Gasteiger partial charge on any atom is 0.0672 e. The summed E-state index contributed by atoms with van der Waals surface area (Å²) >= 11 is 0. The molecule has 1 aromatic rings. The molecule has 4 heteroatoms. The Labute approximate surface area is 130 Å². The smallest absolute Gasteiger partial charge is 0.0672 e. The molecule has 0 aliphatic rings. The first-order chi connectivity index (χ1) is 10.2. The van der Waals surface area contributed by atoms with Crippen molar-refractivity contribution in [1.82, 2.24) is 15.1 Å². The Morgan fingerprint density at radius 2 is 1.95 bits per heavy atom. The molecule has 0 aliphatic carbocycles. The lowest BCUT2D eigenvalue weighted by Crippen LogP contribution is -2.21. The number of nitrogens with one attached hydrogen (secondary N) is 1. The third-order valence-corrected chi connectivity index (χ3v) is 3.84. The predicted octanol–water partition coefficient (Wildman–Crippen LogP) is 3.50. The molecule has 21 heavy (non-hydrogen) atoms. The van der Waals surface area contributed by atoms with Gasteiger partial charge in [-0.05, 0) is 46.1 Å². The van der Waals surface area contributed by atoms with Crippen LogP contribution in [0.2, 0.25) is 0 Å². The van der Waals surface area contributed by atoms with Crippen LogP contribution in [0.25, 0.3) is 0 Å². The SMILES string of the molecule is CCCNC(C)c1c(CC)nn(CCCOCC)c1CC. The molecule has 0 spiro atoms. The maximum absolute atomic E-state index is 5.44. The van der Waals surface area contributed by atoms with E-state index < -0.39 is 0 Å². The van der Waals surface area contributed by atoms with Gasteiger partial charge >= 0.3 is 0 Å². The fraction of sp³-hybridized carbons (Fsp3) is 0.824. The van der Waals surface area contributed by atoms with Gasteiger partial charge in [-0.15, -0.1) is 0 Å². The molecule has 0 saturated heterocycles. The minimum Gasteiger partial charge on any atom is -0.382 e. The van der Waals surface area contributed by atoms with Crippen LogP contribution in [0.15, 0.2) is 0 Å². The molecule has 122 valence electrons. The first-order valence-corrected chi connectivity index (χ1v) is 8.58. The van der Waals surface area contributed by atoms with Crippen molar-refractivity contribution in [3.8, 4) is 0 Å². The summed E-state index contributed by atoms with van der Waals surface area (Å²) in [5.74, 6) is 0. The molecule has 1 atom stereocenters. The van der Waals surface area contributed by atoms with Crippen LogP contribution < -0.4 is 5.32 Å². The van der Waals surface area contributed by atoms with Gasteiger partial charge in [-0.3, -0.25) is 4.68 Å². The van der Waals surface area contributed by atoms with Crippen molar-refractivity contribution >= 4 is 0 Å². The fourth-order valence-electron chi connectivity index (χ4n) is 2.81. The first kappa shape index (κ1) is 18.2. The highest BCUT2D eigenvalue weighted by Gasteiger charge is 2.19. The minimum absolute atomic E-state index is 0.385. The van der Waals surface area contributed by atoms with Crippen LogP contribution in [-0.2, 0) is 24.1 Å². The quantitative estimate of drug-likeness (QED) is 0.635. The van der Waals surface area contributed by atoms with Crippen molar-refractivity contribution in [2.45, 2.75) is 72.9 Å². The van der Waals surface area contributed by atoms with Gasteiger partial charge in [0.05, 0.1) is 5.69 Å². The number of hydrogen-bond acceptors (Lipinski definition) is 3. The summed E-state index contributed by atoms with van der Waals surface area (Å²) in [6.07, 6.45) is 4.23. The highest BCUT2D eigenvalue weighted by molar-refractivity contribution is 5.30. The lowest BCUT2D eigenvalue weighted by atomic mass is 10.0. The molecule has 1 aromatic heterocycles. The van der Waals surface area contributed by atoms with Gasteiger partial charge in [0.15, 0.2) is 0 Å². The standard InChI is InChI=1S/C17H33N3O/c1-6-11-18-14(5)17-15(7-2)19-20(16(17)8-3)12-10-13-21-9-4/h14,18H,6-13H2,1-5H3. The third-order valence-electron chi connectivity index (χ3n) is 3.84. The van der Waals surface area contributed by atoms with Crippen LogP contribution >= 0.6 is 0 Å². The number of nitrogens with zero attached hydrogens (tertiary/aromatic N) is 2. The minimum atomic E-state index is 0.385. The number of hydrogen-bond donors (Lipinski definition) is 1. The van der Waals surface area contributed by atoms with Crippen LogP contribution in [0, 0.1) is 0 Å². The van der Waals surface area contributed by atoms with Gasteiger partial charge in [-0.25, -0.2) is 0 Å². The molecule has 0 amide bonds. The third kappa shape index (κ3) is 5.11. The van der Waals surface area contributed by atoms with E-state index in [-0.39, 0.29) is 0 Å². The summed E-state index contributed by atoms with van der Waals surface area (Å²) in [5, 5.41) is 8.46. The molecule has 4 nitrogen and oxygen atoms in total. The Hall–Kier alpha value is -0.870. The van der Waals surface area contributed by atoms with Gasteiger partial charge in [0.25, 0.3) is 0 Å². The Bertz CT molecular complexity index is 401. The Morgan fingerprint density at radius 1 is 1.19 bits per heavy atom. The number of rotatable bonds is 11. The molecule has 0 radical (unpaired) electrons. The Kier molecular flexibility index (Phi) is 8.62. The van der Waals surface area contributed by atoms with Crippen molar-refractivity contribution in [3.05, 3.63) is 17.0 Å². The molecule has 0 aliphatic heterocycles. The van der Waals surface area contributed by atoms with E-state index in [1.807, 2.05) is 6.92 Å².